The highest BCUT2D eigenvalue weighted by atomic mass is 32.1. The molecule has 2 heterocycles. The van der Waals surface area contributed by atoms with Gasteiger partial charge in [-0.15, -0.1) is 16.4 Å². The van der Waals surface area contributed by atoms with Crippen molar-refractivity contribution in [2.45, 2.75) is 26.9 Å². The van der Waals surface area contributed by atoms with Crippen molar-refractivity contribution in [3.8, 4) is 5.69 Å². The SMILES string of the molecule is COCc1nc(Cc2csc(C)n2)n(-c2cccc(C)c2)n1. The van der Waals surface area contributed by atoms with Gasteiger partial charge in [0.15, 0.2) is 5.82 Å². The Morgan fingerprint density at radius 2 is 2.09 bits per heavy atom. The molecule has 0 bridgehead atoms. The van der Waals surface area contributed by atoms with E-state index in [2.05, 4.69) is 39.5 Å². The summed E-state index contributed by atoms with van der Waals surface area (Å²) in [5, 5.41) is 7.70. The van der Waals surface area contributed by atoms with Crippen molar-refractivity contribution in [2.24, 2.45) is 0 Å². The van der Waals surface area contributed by atoms with Crippen molar-refractivity contribution >= 4 is 11.3 Å². The van der Waals surface area contributed by atoms with Crippen LogP contribution in [-0.4, -0.2) is 26.9 Å². The highest BCUT2D eigenvalue weighted by molar-refractivity contribution is 7.09. The molecule has 114 valence electrons. The number of ether oxygens (including phenoxy) is 1. The van der Waals surface area contributed by atoms with Gasteiger partial charge in [-0.3, -0.25) is 0 Å². The van der Waals surface area contributed by atoms with Gasteiger partial charge >= 0.3 is 0 Å². The Bertz CT molecular complexity index is 778. The van der Waals surface area contributed by atoms with Gasteiger partial charge in [0.05, 0.1) is 22.8 Å². The fourth-order valence-corrected chi connectivity index (χ4v) is 2.93. The van der Waals surface area contributed by atoms with Crippen LogP contribution in [0.5, 0.6) is 0 Å². The summed E-state index contributed by atoms with van der Waals surface area (Å²) >= 11 is 1.65. The van der Waals surface area contributed by atoms with Gasteiger partial charge in [-0.05, 0) is 31.5 Å². The first kappa shape index (κ1) is 14.9. The Hall–Kier alpha value is -2.05. The van der Waals surface area contributed by atoms with Gasteiger partial charge < -0.3 is 4.74 Å². The smallest absolute Gasteiger partial charge is 0.176 e. The van der Waals surface area contributed by atoms with Gasteiger partial charge in [0.25, 0.3) is 0 Å². The minimum Gasteiger partial charge on any atom is -0.377 e. The first-order chi connectivity index (χ1) is 10.7. The zero-order chi connectivity index (χ0) is 15.5. The minimum atomic E-state index is 0.405. The molecule has 0 fully saturated rings. The third-order valence-electron chi connectivity index (χ3n) is 3.24. The molecule has 0 N–H and O–H groups in total. The molecule has 0 aliphatic rings. The van der Waals surface area contributed by atoms with Crippen molar-refractivity contribution in [3.05, 3.63) is 57.6 Å². The maximum atomic E-state index is 5.16. The second-order valence-electron chi connectivity index (χ2n) is 5.16. The monoisotopic (exact) mass is 314 g/mol. The summed E-state index contributed by atoms with van der Waals surface area (Å²) in [4.78, 5) is 9.12. The van der Waals surface area contributed by atoms with Crippen molar-refractivity contribution in [1.29, 1.82) is 0 Å². The lowest BCUT2D eigenvalue weighted by Crippen LogP contribution is -2.04. The molecule has 22 heavy (non-hydrogen) atoms. The number of hydrogen-bond donors (Lipinski definition) is 0. The summed E-state index contributed by atoms with van der Waals surface area (Å²) < 4.78 is 7.04. The highest BCUT2D eigenvalue weighted by Gasteiger charge is 2.13. The molecule has 3 rings (SSSR count). The lowest BCUT2D eigenvalue weighted by atomic mass is 10.2. The molecule has 0 aliphatic carbocycles. The number of rotatable bonds is 5. The molecule has 0 spiro atoms. The number of benzene rings is 1. The average molecular weight is 314 g/mol. The van der Waals surface area contributed by atoms with Crippen LogP contribution < -0.4 is 0 Å². The number of aromatic nitrogens is 4. The summed E-state index contributed by atoms with van der Waals surface area (Å²) in [5.41, 5.74) is 3.22. The fourth-order valence-electron chi connectivity index (χ4n) is 2.31. The fraction of sp³-hybridized carbons (Fsp3) is 0.312. The van der Waals surface area contributed by atoms with Crippen molar-refractivity contribution in [3.63, 3.8) is 0 Å². The van der Waals surface area contributed by atoms with Crippen LogP contribution in [0.4, 0.5) is 0 Å². The van der Waals surface area contributed by atoms with Gasteiger partial charge in [-0.2, -0.15) is 0 Å². The Labute approximate surface area is 133 Å². The first-order valence-electron chi connectivity index (χ1n) is 7.07. The van der Waals surface area contributed by atoms with Crippen LogP contribution in [0.25, 0.3) is 5.69 Å². The average Bonchev–Trinajstić information content (AvgIpc) is 3.06. The van der Waals surface area contributed by atoms with E-state index in [4.69, 9.17) is 4.74 Å². The normalized spacial score (nSPS) is 11.0. The van der Waals surface area contributed by atoms with E-state index in [1.54, 1.807) is 18.4 Å². The predicted molar refractivity (Wildman–Crippen MR) is 86.5 cm³/mol. The number of hydrogen-bond acceptors (Lipinski definition) is 5. The number of thiazole rings is 1. The van der Waals surface area contributed by atoms with Gasteiger partial charge in [-0.25, -0.2) is 14.6 Å². The third kappa shape index (κ3) is 3.23. The molecule has 0 saturated heterocycles. The van der Waals surface area contributed by atoms with Gasteiger partial charge in [0, 0.05) is 12.5 Å². The van der Waals surface area contributed by atoms with E-state index in [0.717, 1.165) is 22.2 Å². The highest BCUT2D eigenvalue weighted by Crippen LogP contribution is 2.17. The quantitative estimate of drug-likeness (QED) is 0.726. The molecule has 6 heteroatoms. The molecular formula is C16H18N4OS. The van der Waals surface area contributed by atoms with Crippen molar-refractivity contribution in [1.82, 2.24) is 19.7 Å². The van der Waals surface area contributed by atoms with Crippen molar-refractivity contribution < 1.29 is 4.74 Å². The standard InChI is InChI=1S/C16H18N4OS/c1-11-5-4-6-14(7-11)20-16(18-15(19-20)9-21-3)8-13-10-22-12(2)17-13/h4-7,10H,8-9H2,1-3H3. The lowest BCUT2D eigenvalue weighted by molar-refractivity contribution is 0.178. The third-order valence-corrected chi connectivity index (χ3v) is 4.07. The molecule has 0 saturated carbocycles. The van der Waals surface area contributed by atoms with Crippen LogP contribution in [-0.2, 0) is 17.8 Å². The van der Waals surface area contributed by atoms with Gasteiger partial charge in [0.1, 0.15) is 12.4 Å². The van der Waals surface area contributed by atoms with Crippen LogP contribution in [0.3, 0.4) is 0 Å². The summed E-state index contributed by atoms with van der Waals surface area (Å²) in [5.74, 6) is 1.56. The Morgan fingerprint density at radius 3 is 2.77 bits per heavy atom. The molecule has 0 radical (unpaired) electrons. The largest absolute Gasteiger partial charge is 0.377 e. The van der Waals surface area contributed by atoms with E-state index < -0.39 is 0 Å². The molecule has 0 atom stereocenters. The molecule has 2 aromatic heterocycles. The minimum absolute atomic E-state index is 0.405. The zero-order valence-corrected chi connectivity index (χ0v) is 13.7. The van der Waals surface area contributed by atoms with Crippen LogP contribution in [0.15, 0.2) is 29.6 Å². The van der Waals surface area contributed by atoms with Crippen LogP contribution >= 0.6 is 11.3 Å². The number of nitrogens with zero attached hydrogens (tertiary/aromatic N) is 4. The van der Waals surface area contributed by atoms with E-state index in [9.17, 15) is 0 Å². The summed E-state index contributed by atoms with van der Waals surface area (Å²) in [6.45, 7) is 4.48. The van der Waals surface area contributed by atoms with Gasteiger partial charge in [-0.1, -0.05) is 12.1 Å². The molecule has 0 amide bonds. The van der Waals surface area contributed by atoms with E-state index >= 15 is 0 Å². The zero-order valence-electron chi connectivity index (χ0n) is 12.9. The van der Waals surface area contributed by atoms with Crippen LogP contribution in [0, 0.1) is 13.8 Å². The molecule has 0 aliphatic heterocycles. The van der Waals surface area contributed by atoms with Crippen molar-refractivity contribution in [2.75, 3.05) is 7.11 Å². The Kier molecular flexibility index (Phi) is 4.31. The van der Waals surface area contributed by atoms with E-state index in [1.165, 1.54) is 5.56 Å². The second-order valence-corrected chi connectivity index (χ2v) is 6.22. The molecule has 1 aromatic carbocycles. The molecular weight excluding hydrogens is 296 g/mol. The maximum Gasteiger partial charge on any atom is 0.176 e. The molecule has 3 aromatic rings. The molecule has 5 nitrogen and oxygen atoms in total. The second kappa shape index (κ2) is 6.37. The topological polar surface area (TPSA) is 52.8 Å². The Balaban J connectivity index is 1.99. The van der Waals surface area contributed by atoms with E-state index in [1.807, 2.05) is 23.7 Å². The first-order valence-corrected chi connectivity index (χ1v) is 7.95. The summed E-state index contributed by atoms with van der Waals surface area (Å²) in [6.07, 6.45) is 0.662. The maximum absolute atomic E-state index is 5.16. The predicted octanol–water partition coefficient (Wildman–Crippen LogP) is 3.08. The van der Waals surface area contributed by atoms with E-state index in [0.29, 0.717) is 18.9 Å². The van der Waals surface area contributed by atoms with Gasteiger partial charge in [0.2, 0.25) is 0 Å². The number of methoxy groups -OCH3 is 1. The molecule has 0 unspecified atom stereocenters. The van der Waals surface area contributed by atoms with E-state index in [-0.39, 0.29) is 0 Å². The van der Waals surface area contributed by atoms with Crippen LogP contribution in [0.2, 0.25) is 0 Å². The number of aryl methyl sites for hydroxylation is 2. The van der Waals surface area contributed by atoms with Crippen LogP contribution in [0.1, 0.15) is 27.9 Å². The Morgan fingerprint density at radius 1 is 1.23 bits per heavy atom. The summed E-state index contributed by atoms with van der Waals surface area (Å²) in [7, 11) is 1.65. The lowest BCUT2D eigenvalue weighted by Gasteiger charge is -2.05. The summed E-state index contributed by atoms with van der Waals surface area (Å²) in [6, 6.07) is 8.23.